The van der Waals surface area contributed by atoms with Crippen molar-refractivity contribution in [1.82, 2.24) is 0 Å². The van der Waals surface area contributed by atoms with Gasteiger partial charge >= 0.3 is 0 Å². The van der Waals surface area contributed by atoms with Crippen LogP contribution in [0.25, 0.3) is 0 Å². The molecule has 0 heterocycles. The summed E-state index contributed by atoms with van der Waals surface area (Å²) in [5.74, 6) is 0.742. The van der Waals surface area contributed by atoms with E-state index in [-0.39, 0.29) is 10.6 Å². The fourth-order valence-corrected chi connectivity index (χ4v) is 3.07. The van der Waals surface area contributed by atoms with Crippen LogP contribution in [0.4, 0.5) is 4.39 Å². The largest absolute Gasteiger partial charge is 0.496 e. The number of ether oxygens (including phenoxy) is 1. The highest BCUT2D eigenvalue weighted by atomic mass is 79.9. The fraction of sp³-hybridized carbons (Fsp3) is 0.294. The molecule has 106 valence electrons. The van der Waals surface area contributed by atoms with E-state index in [4.69, 9.17) is 4.74 Å². The third-order valence-electron chi connectivity index (χ3n) is 3.38. The predicted molar refractivity (Wildman–Crippen MR) is 84.2 cm³/mol. The van der Waals surface area contributed by atoms with Crippen molar-refractivity contribution >= 4 is 15.9 Å². The van der Waals surface area contributed by atoms with Crippen molar-refractivity contribution in [3.63, 3.8) is 0 Å². The van der Waals surface area contributed by atoms with Gasteiger partial charge in [-0.3, -0.25) is 0 Å². The van der Waals surface area contributed by atoms with Gasteiger partial charge < -0.3 is 4.74 Å². The van der Waals surface area contributed by atoms with E-state index in [0.29, 0.717) is 0 Å². The minimum atomic E-state index is -0.198. The van der Waals surface area contributed by atoms with Crippen LogP contribution in [-0.4, -0.2) is 7.11 Å². The summed E-state index contributed by atoms with van der Waals surface area (Å²) >= 11 is 3.72. The van der Waals surface area contributed by atoms with Crippen LogP contribution in [0.3, 0.4) is 0 Å². The molecule has 2 aromatic rings. The first-order chi connectivity index (χ1) is 9.51. The molecule has 0 aliphatic carbocycles. The molecule has 0 aliphatic heterocycles. The van der Waals surface area contributed by atoms with Crippen LogP contribution in [0.5, 0.6) is 5.75 Å². The zero-order valence-corrected chi connectivity index (χ0v) is 13.5. The van der Waals surface area contributed by atoms with Gasteiger partial charge in [0.15, 0.2) is 0 Å². The fourth-order valence-electron chi connectivity index (χ4n) is 2.43. The number of methoxy groups -OCH3 is 1. The molecule has 0 aromatic heterocycles. The molecule has 20 heavy (non-hydrogen) atoms. The quantitative estimate of drug-likeness (QED) is 0.703. The lowest BCUT2D eigenvalue weighted by atomic mass is 9.99. The Morgan fingerprint density at radius 1 is 1.10 bits per heavy atom. The van der Waals surface area contributed by atoms with Crippen LogP contribution >= 0.6 is 15.9 Å². The molecule has 2 rings (SSSR count). The van der Waals surface area contributed by atoms with Gasteiger partial charge in [-0.25, -0.2) is 4.39 Å². The van der Waals surface area contributed by atoms with E-state index in [2.05, 4.69) is 28.1 Å². The summed E-state index contributed by atoms with van der Waals surface area (Å²) < 4.78 is 18.3. The maximum atomic E-state index is 12.9. The van der Waals surface area contributed by atoms with Crippen molar-refractivity contribution in [3.8, 4) is 5.75 Å². The molecule has 1 nitrogen and oxygen atoms in total. The van der Waals surface area contributed by atoms with E-state index in [1.54, 1.807) is 7.11 Å². The van der Waals surface area contributed by atoms with E-state index in [1.807, 2.05) is 26.0 Å². The number of rotatable bonds is 4. The maximum Gasteiger partial charge on any atom is 0.124 e. The Labute approximate surface area is 127 Å². The summed E-state index contributed by atoms with van der Waals surface area (Å²) in [7, 11) is 1.69. The molecule has 0 saturated heterocycles. The van der Waals surface area contributed by atoms with E-state index in [1.165, 1.54) is 17.7 Å². The highest BCUT2D eigenvalue weighted by Crippen LogP contribution is 2.32. The first-order valence-corrected chi connectivity index (χ1v) is 7.46. The summed E-state index contributed by atoms with van der Waals surface area (Å²) in [6, 6.07) is 10.9. The highest BCUT2D eigenvalue weighted by molar-refractivity contribution is 9.09. The first kappa shape index (κ1) is 15.0. The van der Waals surface area contributed by atoms with E-state index in [9.17, 15) is 4.39 Å². The topological polar surface area (TPSA) is 9.23 Å². The van der Waals surface area contributed by atoms with Crippen molar-refractivity contribution in [2.24, 2.45) is 0 Å². The molecule has 0 radical (unpaired) electrons. The van der Waals surface area contributed by atoms with Crippen molar-refractivity contribution in [2.45, 2.75) is 25.1 Å². The van der Waals surface area contributed by atoms with E-state index >= 15 is 0 Å². The van der Waals surface area contributed by atoms with Gasteiger partial charge in [0.1, 0.15) is 11.6 Å². The Bertz CT molecular complexity index is 569. The molecule has 3 heteroatoms. The summed E-state index contributed by atoms with van der Waals surface area (Å²) in [6.07, 6.45) is 0.825. The summed E-state index contributed by atoms with van der Waals surface area (Å²) in [6.45, 7) is 4.10. The number of benzene rings is 2. The lowest BCUT2D eigenvalue weighted by Crippen LogP contribution is -1.99. The molecule has 0 spiro atoms. The maximum absolute atomic E-state index is 12.9. The van der Waals surface area contributed by atoms with Gasteiger partial charge in [0.25, 0.3) is 0 Å². The summed E-state index contributed by atoms with van der Waals surface area (Å²) in [4.78, 5) is 0.205. The van der Waals surface area contributed by atoms with Gasteiger partial charge in [0.2, 0.25) is 0 Å². The molecular weight excluding hydrogens is 319 g/mol. The Morgan fingerprint density at radius 3 is 2.15 bits per heavy atom. The Hall–Kier alpha value is -1.35. The predicted octanol–water partition coefficient (Wildman–Crippen LogP) is 5.13. The molecule has 1 atom stereocenters. The lowest BCUT2D eigenvalue weighted by molar-refractivity contribution is 0.408. The molecule has 0 amide bonds. The molecular formula is C17H18BrFO. The number of aryl methyl sites for hydroxylation is 2. The third-order valence-corrected chi connectivity index (χ3v) is 4.23. The first-order valence-electron chi connectivity index (χ1n) is 6.55. The summed E-state index contributed by atoms with van der Waals surface area (Å²) in [5.41, 5.74) is 4.58. The molecule has 0 saturated carbocycles. The van der Waals surface area contributed by atoms with E-state index in [0.717, 1.165) is 28.9 Å². The molecule has 0 aliphatic rings. The molecule has 0 N–H and O–H groups in total. The second-order valence-electron chi connectivity index (χ2n) is 4.99. The molecule has 2 aromatic carbocycles. The average molecular weight is 337 g/mol. The molecule has 1 unspecified atom stereocenters. The van der Waals surface area contributed by atoms with Gasteiger partial charge in [-0.2, -0.15) is 0 Å². The Morgan fingerprint density at radius 2 is 1.65 bits per heavy atom. The number of alkyl halides is 1. The monoisotopic (exact) mass is 336 g/mol. The number of hydrogen-bond acceptors (Lipinski definition) is 1. The van der Waals surface area contributed by atoms with Crippen molar-refractivity contribution in [3.05, 3.63) is 64.5 Å². The van der Waals surface area contributed by atoms with Crippen molar-refractivity contribution < 1.29 is 9.13 Å². The minimum Gasteiger partial charge on any atom is -0.496 e. The number of halogens is 2. The van der Waals surface area contributed by atoms with Gasteiger partial charge in [-0.05, 0) is 54.7 Å². The van der Waals surface area contributed by atoms with Crippen molar-refractivity contribution in [2.75, 3.05) is 7.11 Å². The van der Waals surface area contributed by atoms with Crippen LogP contribution < -0.4 is 4.74 Å². The van der Waals surface area contributed by atoms with Crippen LogP contribution in [0.1, 0.15) is 27.1 Å². The lowest BCUT2D eigenvalue weighted by Gasteiger charge is -2.15. The second kappa shape index (κ2) is 6.40. The smallest absolute Gasteiger partial charge is 0.124 e. The van der Waals surface area contributed by atoms with Gasteiger partial charge in [0, 0.05) is 4.83 Å². The van der Waals surface area contributed by atoms with E-state index < -0.39 is 0 Å². The van der Waals surface area contributed by atoms with Gasteiger partial charge in [-0.1, -0.05) is 40.2 Å². The SMILES string of the molecule is COc1c(C)cc(C(Br)Cc2ccc(F)cc2)cc1C. The number of hydrogen-bond donors (Lipinski definition) is 0. The third kappa shape index (κ3) is 3.40. The minimum absolute atomic E-state index is 0.198. The van der Waals surface area contributed by atoms with Crippen molar-refractivity contribution in [1.29, 1.82) is 0 Å². The van der Waals surface area contributed by atoms with Gasteiger partial charge in [-0.15, -0.1) is 0 Å². The normalized spacial score (nSPS) is 12.2. The van der Waals surface area contributed by atoms with Crippen LogP contribution in [0.15, 0.2) is 36.4 Å². The Kier molecular flexibility index (Phi) is 4.81. The van der Waals surface area contributed by atoms with Gasteiger partial charge in [0.05, 0.1) is 7.11 Å². The zero-order valence-electron chi connectivity index (χ0n) is 11.9. The molecule has 0 fully saturated rings. The van der Waals surface area contributed by atoms with Crippen LogP contribution in [-0.2, 0) is 6.42 Å². The molecule has 0 bridgehead atoms. The average Bonchev–Trinajstić information content (AvgIpc) is 2.41. The highest BCUT2D eigenvalue weighted by Gasteiger charge is 2.12. The Balaban J connectivity index is 2.21. The van der Waals surface area contributed by atoms with Crippen LogP contribution in [0.2, 0.25) is 0 Å². The standard InChI is InChI=1S/C17H18BrFO/c1-11-8-14(9-12(2)17(11)20-3)16(18)10-13-4-6-15(19)7-5-13/h4-9,16H,10H2,1-3H3. The van der Waals surface area contributed by atoms with Crippen LogP contribution in [0, 0.1) is 19.7 Å². The second-order valence-corrected chi connectivity index (χ2v) is 6.09. The zero-order chi connectivity index (χ0) is 14.7. The summed E-state index contributed by atoms with van der Waals surface area (Å²) in [5, 5.41) is 0.